The Bertz CT molecular complexity index is 549. The van der Waals surface area contributed by atoms with Gasteiger partial charge in [0, 0.05) is 17.8 Å². The van der Waals surface area contributed by atoms with E-state index in [2.05, 4.69) is 43.3 Å². The van der Waals surface area contributed by atoms with Crippen LogP contribution in [0.25, 0.3) is 0 Å². The summed E-state index contributed by atoms with van der Waals surface area (Å²) in [5.74, 6) is 0. The molecule has 0 saturated heterocycles. The number of thiazole rings is 1. The predicted molar refractivity (Wildman–Crippen MR) is 82.9 cm³/mol. The van der Waals surface area contributed by atoms with Crippen LogP contribution >= 0.6 is 11.3 Å². The first-order chi connectivity index (χ1) is 8.95. The Morgan fingerprint density at radius 1 is 1.11 bits per heavy atom. The zero-order valence-corrected chi connectivity index (χ0v) is 13.0. The summed E-state index contributed by atoms with van der Waals surface area (Å²) in [4.78, 5) is 4.49. The molecule has 0 spiro atoms. The SMILES string of the molecule is Cc1cc(C)c(CC(N)Cc2csc(C)n2)c(C)c1. The van der Waals surface area contributed by atoms with Crippen LogP contribution in [0.15, 0.2) is 17.5 Å². The van der Waals surface area contributed by atoms with Crippen LogP contribution in [0.4, 0.5) is 0 Å². The highest BCUT2D eigenvalue weighted by Gasteiger charge is 2.11. The molecular weight excluding hydrogens is 252 g/mol. The lowest BCUT2D eigenvalue weighted by Gasteiger charge is -2.15. The molecular formula is C16H22N2S. The molecule has 19 heavy (non-hydrogen) atoms. The van der Waals surface area contributed by atoms with Crippen LogP contribution in [0.1, 0.15) is 33.0 Å². The molecule has 2 nitrogen and oxygen atoms in total. The highest BCUT2D eigenvalue weighted by Crippen LogP contribution is 2.19. The van der Waals surface area contributed by atoms with Gasteiger partial charge in [-0.3, -0.25) is 0 Å². The van der Waals surface area contributed by atoms with E-state index >= 15 is 0 Å². The maximum absolute atomic E-state index is 6.29. The molecule has 0 amide bonds. The topological polar surface area (TPSA) is 38.9 Å². The fraction of sp³-hybridized carbons (Fsp3) is 0.438. The Kier molecular flexibility index (Phi) is 4.38. The number of hydrogen-bond acceptors (Lipinski definition) is 3. The van der Waals surface area contributed by atoms with Crippen molar-refractivity contribution in [2.45, 2.75) is 46.6 Å². The van der Waals surface area contributed by atoms with Gasteiger partial charge in [-0.05, 0) is 50.8 Å². The molecule has 0 aliphatic carbocycles. The van der Waals surface area contributed by atoms with Gasteiger partial charge in [0.15, 0.2) is 0 Å². The van der Waals surface area contributed by atoms with Gasteiger partial charge in [0.1, 0.15) is 0 Å². The largest absolute Gasteiger partial charge is 0.327 e. The quantitative estimate of drug-likeness (QED) is 0.927. The first kappa shape index (κ1) is 14.2. The van der Waals surface area contributed by atoms with Crippen molar-refractivity contribution in [3.8, 4) is 0 Å². The third kappa shape index (κ3) is 3.64. The van der Waals surface area contributed by atoms with E-state index in [-0.39, 0.29) is 6.04 Å². The summed E-state index contributed by atoms with van der Waals surface area (Å²) < 4.78 is 0. The van der Waals surface area contributed by atoms with Gasteiger partial charge >= 0.3 is 0 Å². The van der Waals surface area contributed by atoms with E-state index in [0.717, 1.165) is 23.5 Å². The molecule has 1 aromatic carbocycles. The Hall–Kier alpha value is -1.19. The summed E-state index contributed by atoms with van der Waals surface area (Å²) >= 11 is 1.69. The van der Waals surface area contributed by atoms with Gasteiger partial charge in [0.25, 0.3) is 0 Å². The summed E-state index contributed by atoms with van der Waals surface area (Å²) in [6.45, 7) is 8.53. The minimum absolute atomic E-state index is 0.140. The summed E-state index contributed by atoms with van der Waals surface area (Å²) in [6.07, 6.45) is 1.78. The van der Waals surface area contributed by atoms with E-state index in [9.17, 15) is 0 Å². The molecule has 0 aliphatic rings. The second kappa shape index (κ2) is 5.85. The fourth-order valence-corrected chi connectivity index (χ4v) is 3.26. The van der Waals surface area contributed by atoms with Crippen LogP contribution in [0.2, 0.25) is 0 Å². The molecule has 102 valence electrons. The molecule has 0 fully saturated rings. The molecule has 0 radical (unpaired) electrons. The second-order valence-electron chi connectivity index (χ2n) is 5.40. The van der Waals surface area contributed by atoms with Gasteiger partial charge in [-0.25, -0.2) is 4.98 Å². The highest BCUT2D eigenvalue weighted by molar-refractivity contribution is 7.09. The van der Waals surface area contributed by atoms with E-state index < -0.39 is 0 Å². The minimum Gasteiger partial charge on any atom is -0.327 e. The third-order valence-corrected chi connectivity index (χ3v) is 4.27. The smallest absolute Gasteiger partial charge is 0.0897 e. The Morgan fingerprint density at radius 3 is 2.26 bits per heavy atom. The van der Waals surface area contributed by atoms with E-state index in [4.69, 9.17) is 5.73 Å². The van der Waals surface area contributed by atoms with E-state index in [0.29, 0.717) is 0 Å². The number of hydrogen-bond donors (Lipinski definition) is 1. The van der Waals surface area contributed by atoms with Crippen LogP contribution in [-0.4, -0.2) is 11.0 Å². The zero-order chi connectivity index (χ0) is 14.0. The fourth-order valence-electron chi connectivity index (χ4n) is 2.64. The number of aryl methyl sites for hydroxylation is 4. The molecule has 2 N–H and O–H groups in total. The van der Waals surface area contributed by atoms with Crippen molar-refractivity contribution in [3.05, 3.63) is 50.5 Å². The van der Waals surface area contributed by atoms with Crippen molar-refractivity contribution >= 4 is 11.3 Å². The van der Waals surface area contributed by atoms with Crippen LogP contribution in [-0.2, 0) is 12.8 Å². The highest BCUT2D eigenvalue weighted by atomic mass is 32.1. The number of rotatable bonds is 4. The molecule has 1 atom stereocenters. The maximum atomic E-state index is 6.29. The summed E-state index contributed by atoms with van der Waals surface area (Å²) in [6, 6.07) is 4.62. The van der Waals surface area contributed by atoms with Gasteiger partial charge in [-0.2, -0.15) is 0 Å². The van der Waals surface area contributed by atoms with Gasteiger partial charge in [0.05, 0.1) is 10.7 Å². The molecule has 2 rings (SSSR count). The number of nitrogens with zero attached hydrogens (tertiary/aromatic N) is 1. The molecule has 0 bridgehead atoms. The lowest BCUT2D eigenvalue weighted by molar-refractivity contribution is 0.651. The van der Waals surface area contributed by atoms with Crippen LogP contribution in [0, 0.1) is 27.7 Å². The lowest BCUT2D eigenvalue weighted by atomic mass is 9.93. The third-order valence-electron chi connectivity index (χ3n) is 3.44. The number of aromatic nitrogens is 1. The maximum Gasteiger partial charge on any atom is 0.0897 e. The van der Waals surface area contributed by atoms with Crippen molar-refractivity contribution in [1.82, 2.24) is 4.98 Å². The molecule has 1 heterocycles. The normalized spacial score (nSPS) is 12.7. The summed E-state index contributed by atoms with van der Waals surface area (Å²) in [7, 11) is 0. The summed E-state index contributed by atoms with van der Waals surface area (Å²) in [5, 5.41) is 3.23. The minimum atomic E-state index is 0.140. The van der Waals surface area contributed by atoms with E-state index in [1.54, 1.807) is 11.3 Å². The Morgan fingerprint density at radius 2 is 1.74 bits per heavy atom. The van der Waals surface area contributed by atoms with Gasteiger partial charge in [0.2, 0.25) is 0 Å². The van der Waals surface area contributed by atoms with Gasteiger partial charge < -0.3 is 5.73 Å². The average molecular weight is 274 g/mol. The predicted octanol–water partition coefficient (Wildman–Crippen LogP) is 3.49. The molecule has 1 unspecified atom stereocenters. The standard InChI is InChI=1S/C16H22N2S/c1-10-5-11(2)16(12(3)6-10)8-14(17)7-15-9-19-13(4)18-15/h5-6,9,14H,7-8,17H2,1-4H3. The lowest BCUT2D eigenvalue weighted by Crippen LogP contribution is -2.26. The average Bonchev–Trinajstić information content (AvgIpc) is 2.69. The number of benzene rings is 1. The van der Waals surface area contributed by atoms with Crippen molar-refractivity contribution in [2.24, 2.45) is 5.73 Å². The Labute approximate surface area is 119 Å². The van der Waals surface area contributed by atoms with Crippen molar-refractivity contribution < 1.29 is 0 Å². The zero-order valence-electron chi connectivity index (χ0n) is 12.2. The first-order valence-electron chi connectivity index (χ1n) is 6.69. The molecule has 0 aliphatic heterocycles. The first-order valence-corrected chi connectivity index (χ1v) is 7.57. The van der Waals surface area contributed by atoms with Crippen LogP contribution < -0.4 is 5.73 Å². The van der Waals surface area contributed by atoms with Crippen molar-refractivity contribution in [3.63, 3.8) is 0 Å². The molecule has 3 heteroatoms. The van der Waals surface area contributed by atoms with Crippen molar-refractivity contribution in [2.75, 3.05) is 0 Å². The van der Waals surface area contributed by atoms with Gasteiger partial charge in [-0.15, -0.1) is 11.3 Å². The van der Waals surface area contributed by atoms with Gasteiger partial charge in [-0.1, -0.05) is 17.7 Å². The monoisotopic (exact) mass is 274 g/mol. The van der Waals surface area contributed by atoms with E-state index in [1.807, 2.05) is 6.92 Å². The molecule has 2 aromatic rings. The summed E-state index contributed by atoms with van der Waals surface area (Å²) in [5.41, 5.74) is 12.8. The molecule has 1 aromatic heterocycles. The number of nitrogens with two attached hydrogens (primary N) is 1. The Balaban J connectivity index is 2.08. The van der Waals surface area contributed by atoms with E-state index in [1.165, 1.54) is 22.3 Å². The van der Waals surface area contributed by atoms with Crippen molar-refractivity contribution in [1.29, 1.82) is 0 Å². The van der Waals surface area contributed by atoms with Crippen LogP contribution in [0.3, 0.4) is 0 Å². The molecule has 0 saturated carbocycles. The second-order valence-corrected chi connectivity index (χ2v) is 6.47. The van der Waals surface area contributed by atoms with Crippen LogP contribution in [0.5, 0.6) is 0 Å².